The fraction of sp³-hybridized carbons (Fsp3) is 0.111. The van der Waals surface area contributed by atoms with Crippen molar-refractivity contribution in [2.24, 2.45) is 0 Å². The van der Waals surface area contributed by atoms with Crippen LogP contribution in [0.4, 0.5) is 13.2 Å². The van der Waals surface area contributed by atoms with Crippen LogP contribution in [0, 0.1) is 24.4 Å². The van der Waals surface area contributed by atoms with Crippen LogP contribution in [0.25, 0.3) is 10.6 Å². The lowest BCUT2D eigenvalue weighted by molar-refractivity contribution is 0.0954. The summed E-state index contributed by atoms with van der Waals surface area (Å²) in [5.74, 6) is -6.22. The molecule has 0 aliphatic heterocycles. The van der Waals surface area contributed by atoms with Gasteiger partial charge in [-0.05, 0) is 18.6 Å². The summed E-state index contributed by atoms with van der Waals surface area (Å²) < 4.78 is 40.7. The van der Waals surface area contributed by atoms with Gasteiger partial charge < -0.3 is 10.4 Å². The zero-order chi connectivity index (χ0) is 18.8. The number of phenols is 1. The molecule has 4 nitrogen and oxygen atoms in total. The zero-order valence-corrected chi connectivity index (χ0v) is 14.3. The van der Waals surface area contributed by atoms with E-state index in [2.05, 4.69) is 10.3 Å². The first-order valence-corrected chi connectivity index (χ1v) is 8.36. The zero-order valence-electron chi connectivity index (χ0n) is 13.5. The van der Waals surface area contributed by atoms with Crippen LogP contribution in [-0.4, -0.2) is 16.0 Å². The quantitative estimate of drug-likeness (QED) is 0.670. The largest absolute Gasteiger partial charge is 0.503 e. The normalized spacial score (nSPS) is 10.8. The predicted molar refractivity (Wildman–Crippen MR) is 91.4 cm³/mol. The fourth-order valence-corrected chi connectivity index (χ4v) is 3.32. The van der Waals surface area contributed by atoms with Crippen molar-refractivity contribution in [3.8, 4) is 16.3 Å². The van der Waals surface area contributed by atoms with Gasteiger partial charge in [0.2, 0.25) is 5.82 Å². The Morgan fingerprint density at radius 3 is 2.58 bits per heavy atom. The van der Waals surface area contributed by atoms with Crippen molar-refractivity contribution in [1.82, 2.24) is 10.3 Å². The molecule has 0 aliphatic rings. The number of nitrogens with zero attached hydrogens (tertiary/aromatic N) is 1. The number of phenolic OH excluding ortho intramolecular Hbond substituents is 1. The van der Waals surface area contributed by atoms with Crippen LogP contribution < -0.4 is 5.32 Å². The molecular formula is C18H13F3N2O2S. The number of aromatic hydroxyl groups is 1. The van der Waals surface area contributed by atoms with E-state index in [0.717, 1.165) is 16.9 Å². The first-order valence-electron chi connectivity index (χ1n) is 7.55. The Morgan fingerprint density at radius 2 is 1.88 bits per heavy atom. The summed E-state index contributed by atoms with van der Waals surface area (Å²) in [6.45, 7) is 1.85. The number of benzene rings is 2. The van der Waals surface area contributed by atoms with Gasteiger partial charge in [-0.2, -0.15) is 4.39 Å². The molecule has 2 aromatic carbocycles. The maximum atomic E-state index is 14.0. The monoisotopic (exact) mass is 378 g/mol. The number of amides is 1. The molecule has 0 fully saturated rings. The van der Waals surface area contributed by atoms with Gasteiger partial charge in [0.05, 0.1) is 11.3 Å². The lowest BCUT2D eigenvalue weighted by Gasteiger charge is -2.04. The van der Waals surface area contributed by atoms with Gasteiger partial charge in [0.25, 0.3) is 5.91 Å². The Balaban J connectivity index is 1.87. The van der Waals surface area contributed by atoms with Crippen LogP contribution in [0.5, 0.6) is 5.75 Å². The summed E-state index contributed by atoms with van der Waals surface area (Å²) in [5, 5.41) is 12.0. The minimum atomic E-state index is -1.67. The van der Waals surface area contributed by atoms with E-state index in [0.29, 0.717) is 18.3 Å². The maximum Gasteiger partial charge on any atom is 0.263 e. The number of thiazole rings is 1. The Morgan fingerprint density at radius 1 is 1.19 bits per heavy atom. The van der Waals surface area contributed by atoms with E-state index >= 15 is 0 Å². The average Bonchev–Trinajstić information content (AvgIpc) is 3.03. The number of aryl methyl sites for hydroxylation is 1. The summed E-state index contributed by atoms with van der Waals surface area (Å²) in [5.41, 5.74) is 0.815. The molecule has 2 N–H and O–H groups in total. The van der Waals surface area contributed by atoms with Crippen LogP contribution in [-0.2, 0) is 6.54 Å². The summed E-state index contributed by atoms with van der Waals surface area (Å²) in [4.78, 5) is 16.6. The summed E-state index contributed by atoms with van der Waals surface area (Å²) in [6.07, 6.45) is 0. The summed E-state index contributed by atoms with van der Waals surface area (Å²) in [6, 6.07) is 9.85. The highest BCUT2D eigenvalue weighted by Crippen LogP contribution is 2.35. The molecule has 0 unspecified atom stereocenters. The number of carbonyl (C=O) groups excluding carboxylic acids is 1. The first-order chi connectivity index (χ1) is 12.4. The molecule has 0 aliphatic carbocycles. The lowest BCUT2D eigenvalue weighted by Crippen LogP contribution is -2.22. The molecule has 0 saturated heterocycles. The van der Waals surface area contributed by atoms with Crippen LogP contribution in [0.2, 0.25) is 0 Å². The van der Waals surface area contributed by atoms with Gasteiger partial charge >= 0.3 is 0 Å². The number of hydrogen-bond acceptors (Lipinski definition) is 4. The number of rotatable bonds is 4. The van der Waals surface area contributed by atoms with Crippen molar-refractivity contribution in [1.29, 1.82) is 0 Å². The lowest BCUT2D eigenvalue weighted by atomic mass is 10.2. The van der Waals surface area contributed by atoms with Gasteiger partial charge in [0.1, 0.15) is 9.88 Å². The van der Waals surface area contributed by atoms with E-state index in [4.69, 9.17) is 0 Å². The maximum absolute atomic E-state index is 14.0. The van der Waals surface area contributed by atoms with Crippen molar-refractivity contribution < 1.29 is 23.1 Å². The highest BCUT2D eigenvalue weighted by molar-refractivity contribution is 7.17. The SMILES string of the molecule is Cc1nc(-c2cc(F)c(F)c(O)c2F)sc1C(=O)NCc1ccccc1. The van der Waals surface area contributed by atoms with Crippen LogP contribution in [0.15, 0.2) is 36.4 Å². The van der Waals surface area contributed by atoms with Gasteiger partial charge in [0, 0.05) is 6.54 Å². The van der Waals surface area contributed by atoms with E-state index in [1.807, 2.05) is 30.3 Å². The second-order valence-electron chi connectivity index (χ2n) is 5.48. The highest BCUT2D eigenvalue weighted by atomic mass is 32.1. The van der Waals surface area contributed by atoms with E-state index < -0.39 is 34.7 Å². The first kappa shape index (κ1) is 17.9. The molecule has 26 heavy (non-hydrogen) atoms. The summed E-state index contributed by atoms with van der Waals surface area (Å²) in [7, 11) is 0. The van der Waals surface area contributed by atoms with E-state index in [1.54, 1.807) is 6.92 Å². The number of carbonyl (C=O) groups is 1. The smallest absolute Gasteiger partial charge is 0.263 e. The molecule has 0 radical (unpaired) electrons. The Kier molecular flexibility index (Phi) is 4.94. The van der Waals surface area contributed by atoms with E-state index in [9.17, 15) is 23.1 Å². The van der Waals surface area contributed by atoms with Gasteiger partial charge in [0.15, 0.2) is 17.4 Å². The van der Waals surface area contributed by atoms with Gasteiger partial charge in [-0.1, -0.05) is 30.3 Å². The molecule has 3 rings (SSSR count). The third-order valence-electron chi connectivity index (χ3n) is 3.66. The average molecular weight is 378 g/mol. The molecule has 134 valence electrons. The predicted octanol–water partition coefficient (Wildman–Crippen LogP) is 4.17. The number of hydrogen-bond donors (Lipinski definition) is 2. The minimum Gasteiger partial charge on any atom is -0.503 e. The molecule has 0 spiro atoms. The van der Waals surface area contributed by atoms with E-state index in [-0.39, 0.29) is 9.88 Å². The van der Waals surface area contributed by atoms with Crippen molar-refractivity contribution >= 4 is 17.2 Å². The summed E-state index contributed by atoms with van der Waals surface area (Å²) >= 11 is 0.830. The number of nitrogens with one attached hydrogen (secondary N) is 1. The molecule has 0 atom stereocenters. The minimum absolute atomic E-state index is 0.0286. The van der Waals surface area contributed by atoms with Crippen molar-refractivity contribution in [2.75, 3.05) is 0 Å². The molecule has 0 bridgehead atoms. The second kappa shape index (κ2) is 7.17. The van der Waals surface area contributed by atoms with Crippen LogP contribution >= 0.6 is 11.3 Å². The molecule has 1 amide bonds. The highest BCUT2D eigenvalue weighted by Gasteiger charge is 2.23. The molecule has 0 saturated carbocycles. The molecule has 8 heteroatoms. The van der Waals surface area contributed by atoms with Gasteiger partial charge in [-0.15, -0.1) is 11.3 Å². The van der Waals surface area contributed by atoms with Gasteiger partial charge in [-0.25, -0.2) is 13.8 Å². The van der Waals surface area contributed by atoms with Crippen molar-refractivity contribution in [3.05, 3.63) is 70.0 Å². The standard InChI is InChI=1S/C18H13F3N2O2S/c1-9-16(17(25)22-8-10-5-3-2-4-6-10)26-18(23-9)11-7-12(19)14(21)15(24)13(11)20/h2-7,24H,8H2,1H3,(H,22,25). The molecular weight excluding hydrogens is 365 g/mol. The molecule has 1 aromatic heterocycles. The number of halogens is 3. The second-order valence-corrected chi connectivity index (χ2v) is 6.48. The third kappa shape index (κ3) is 3.41. The van der Waals surface area contributed by atoms with Gasteiger partial charge in [-0.3, -0.25) is 4.79 Å². The Labute approximate surface area is 151 Å². The Hall–Kier alpha value is -2.87. The van der Waals surface area contributed by atoms with Crippen LogP contribution in [0.1, 0.15) is 20.9 Å². The topological polar surface area (TPSA) is 62.2 Å². The Bertz CT molecular complexity index is 974. The number of aromatic nitrogens is 1. The van der Waals surface area contributed by atoms with Crippen LogP contribution in [0.3, 0.4) is 0 Å². The molecule has 3 aromatic rings. The molecule has 1 heterocycles. The van der Waals surface area contributed by atoms with Crippen molar-refractivity contribution in [3.63, 3.8) is 0 Å². The van der Waals surface area contributed by atoms with Crippen molar-refractivity contribution in [2.45, 2.75) is 13.5 Å². The fourth-order valence-electron chi connectivity index (χ4n) is 2.33. The third-order valence-corrected chi connectivity index (χ3v) is 4.85. The van der Waals surface area contributed by atoms with E-state index in [1.165, 1.54) is 0 Å².